The molecule has 0 spiro atoms. The third-order valence-corrected chi connectivity index (χ3v) is 3.09. The third kappa shape index (κ3) is 4.64. The Kier molecular flexibility index (Phi) is 4.57. The quantitative estimate of drug-likeness (QED) is 0.759. The van der Waals surface area contributed by atoms with Gasteiger partial charge in [-0.05, 0) is 37.3 Å². The van der Waals surface area contributed by atoms with E-state index in [2.05, 4.69) is 0 Å². The van der Waals surface area contributed by atoms with E-state index < -0.39 is 5.54 Å². The highest BCUT2D eigenvalue weighted by atomic mass is 32.2. The maximum absolute atomic E-state index is 12.8. The molecule has 0 bridgehead atoms. The van der Waals surface area contributed by atoms with E-state index in [1.54, 1.807) is 24.8 Å². The van der Waals surface area contributed by atoms with Gasteiger partial charge in [-0.15, -0.1) is 11.8 Å². The first-order valence-corrected chi connectivity index (χ1v) is 5.80. The fraction of sp³-hybridized carbons (Fsp3) is 0.455. The van der Waals surface area contributed by atoms with Crippen LogP contribution in [-0.2, 0) is 0 Å². The molecule has 0 aliphatic rings. The van der Waals surface area contributed by atoms with Gasteiger partial charge in [-0.3, -0.25) is 0 Å². The fourth-order valence-corrected chi connectivity index (χ4v) is 2.21. The summed E-state index contributed by atoms with van der Waals surface area (Å²) in [7, 11) is 0. The van der Waals surface area contributed by atoms with Gasteiger partial charge in [0.1, 0.15) is 5.82 Å². The topological polar surface area (TPSA) is 46.2 Å². The van der Waals surface area contributed by atoms with Crippen LogP contribution < -0.4 is 5.73 Å². The van der Waals surface area contributed by atoms with Crippen molar-refractivity contribution in [3.05, 3.63) is 30.1 Å². The summed E-state index contributed by atoms with van der Waals surface area (Å²) in [6.07, 6.45) is 0.699. The normalized spacial score (nSPS) is 14.9. The van der Waals surface area contributed by atoms with Crippen LogP contribution in [0.25, 0.3) is 0 Å². The molecule has 3 N–H and O–H groups in total. The van der Waals surface area contributed by atoms with E-state index in [9.17, 15) is 4.39 Å². The molecule has 0 aliphatic heterocycles. The molecule has 0 saturated heterocycles. The zero-order chi connectivity index (χ0) is 11.3. The first kappa shape index (κ1) is 12.5. The SMILES string of the molecule is CC(N)(CO)CCSc1cccc(F)c1. The van der Waals surface area contributed by atoms with Crippen LogP contribution in [0.4, 0.5) is 4.39 Å². The van der Waals surface area contributed by atoms with E-state index in [0.29, 0.717) is 6.42 Å². The molecule has 1 aromatic carbocycles. The summed E-state index contributed by atoms with van der Waals surface area (Å²) < 4.78 is 12.8. The Morgan fingerprint density at radius 2 is 2.27 bits per heavy atom. The summed E-state index contributed by atoms with van der Waals surface area (Å²) in [5.41, 5.74) is 5.23. The monoisotopic (exact) mass is 229 g/mol. The lowest BCUT2D eigenvalue weighted by Crippen LogP contribution is -2.40. The van der Waals surface area contributed by atoms with Crippen LogP contribution in [0, 0.1) is 5.82 Å². The zero-order valence-corrected chi connectivity index (χ0v) is 9.56. The van der Waals surface area contributed by atoms with Gasteiger partial charge in [0.2, 0.25) is 0 Å². The summed E-state index contributed by atoms with van der Waals surface area (Å²) in [6.45, 7) is 1.77. The molecule has 0 amide bonds. The number of aliphatic hydroxyl groups excluding tert-OH is 1. The average molecular weight is 229 g/mol. The fourth-order valence-electron chi connectivity index (χ4n) is 1.04. The van der Waals surface area contributed by atoms with Gasteiger partial charge < -0.3 is 10.8 Å². The van der Waals surface area contributed by atoms with Crippen molar-refractivity contribution in [2.24, 2.45) is 5.73 Å². The number of rotatable bonds is 5. The molecule has 0 aliphatic carbocycles. The molecule has 0 heterocycles. The molecule has 2 nitrogen and oxygen atoms in total. The lowest BCUT2D eigenvalue weighted by Gasteiger charge is -2.20. The van der Waals surface area contributed by atoms with Gasteiger partial charge in [-0.1, -0.05) is 6.07 Å². The first-order chi connectivity index (χ1) is 7.03. The Morgan fingerprint density at radius 1 is 1.53 bits per heavy atom. The summed E-state index contributed by atoms with van der Waals surface area (Å²) in [6, 6.07) is 6.47. The summed E-state index contributed by atoms with van der Waals surface area (Å²) in [5, 5.41) is 8.94. The Bertz CT molecular complexity index is 317. The van der Waals surface area contributed by atoms with Gasteiger partial charge in [0, 0.05) is 10.4 Å². The summed E-state index contributed by atoms with van der Waals surface area (Å²) in [5.74, 6) is 0.550. The van der Waals surface area contributed by atoms with E-state index in [0.717, 1.165) is 10.6 Å². The van der Waals surface area contributed by atoms with Crippen molar-refractivity contribution in [3.63, 3.8) is 0 Å². The van der Waals surface area contributed by atoms with Crippen molar-refractivity contribution >= 4 is 11.8 Å². The van der Waals surface area contributed by atoms with Crippen LogP contribution >= 0.6 is 11.8 Å². The highest BCUT2D eigenvalue weighted by molar-refractivity contribution is 7.99. The number of hydrogen-bond donors (Lipinski definition) is 2. The largest absolute Gasteiger partial charge is 0.394 e. The second kappa shape index (κ2) is 5.49. The lowest BCUT2D eigenvalue weighted by atomic mass is 10.0. The molecule has 0 aromatic heterocycles. The highest BCUT2D eigenvalue weighted by Gasteiger charge is 2.16. The minimum atomic E-state index is -0.541. The van der Waals surface area contributed by atoms with Crippen molar-refractivity contribution in [2.45, 2.75) is 23.8 Å². The van der Waals surface area contributed by atoms with Gasteiger partial charge in [0.05, 0.1) is 6.61 Å². The Labute approximate surface area is 93.7 Å². The van der Waals surface area contributed by atoms with E-state index >= 15 is 0 Å². The molecule has 4 heteroatoms. The number of thioether (sulfide) groups is 1. The van der Waals surface area contributed by atoms with Crippen LogP contribution in [-0.4, -0.2) is 23.0 Å². The van der Waals surface area contributed by atoms with Gasteiger partial charge in [-0.25, -0.2) is 4.39 Å². The smallest absolute Gasteiger partial charge is 0.124 e. The van der Waals surface area contributed by atoms with Crippen LogP contribution in [0.1, 0.15) is 13.3 Å². The van der Waals surface area contributed by atoms with Crippen LogP contribution in [0.3, 0.4) is 0 Å². The number of aliphatic hydroxyl groups is 1. The average Bonchev–Trinajstić information content (AvgIpc) is 2.18. The standard InChI is InChI=1S/C11H16FNOS/c1-11(13,8-14)5-6-15-10-4-2-3-9(12)7-10/h2-4,7,14H,5-6,8,13H2,1H3. The first-order valence-electron chi connectivity index (χ1n) is 4.82. The van der Waals surface area contributed by atoms with Crippen molar-refractivity contribution in [1.82, 2.24) is 0 Å². The van der Waals surface area contributed by atoms with Gasteiger partial charge in [-0.2, -0.15) is 0 Å². The van der Waals surface area contributed by atoms with Crippen molar-refractivity contribution in [2.75, 3.05) is 12.4 Å². The third-order valence-electron chi connectivity index (χ3n) is 2.10. The second-order valence-corrected chi connectivity index (χ2v) is 5.04. The van der Waals surface area contributed by atoms with E-state index in [1.165, 1.54) is 12.1 Å². The molecule has 1 unspecified atom stereocenters. The zero-order valence-electron chi connectivity index (χ0n) is 8.74. The number of halogens is 1. The van der Waals surface area contributed by atoms with Crippen molar-refractivity contribution in [3.8, 4) is 0 Å². The molecular formula is C11H16FNOS. The molecule has 0 fully saturated rings. The van der Waals surface area contributed by atoms with Crippen LogP contribution in [0.5, 0.6) is 0 Å². The van der Waals surface area contributed by atoms with Gasteiger partial charge in [0.15, 0.2) is 0 Å². The maximum Gasteiger partial charge on any atom is 0.124 e. The molecule has 84 valence electrons. The van der Waals surface area contributed by atoms with Crippen LogP contribution in [0.2, 0.25) is 0 Å². The van der Waals surface area contributed by atoms with Crippen molar-refractivity contribution in [1.29, 1.82) is 0 Å². The predicted molar refractivity (Wildman–Crippen MR) is 61.4 cm³/mol. The minimum absolute atomic E-state index is 0.0310. The Morgan fingerprint density at radius 3 is 2.87 bits per heavy atom. The minimum Gasteiger partial charge on any atom is -0.394 e. The predicted octanol–water partition coefficient (Wildman–Crippen LogP) is 2.02. The molecule has 1 rings (SSSR count). The molecule has 0 saturated carbocycles. The molecule has 1 aromatic rings. The second-order valence-electron chi connectivity index (χ2n) is 3.87. The summed E-state index contributed by atoms with van der Waals surface area (Å²) >= 11 is 1.55. The van der Waals surface area contributed by atoms with E-state index in [4.69, 9.17) is 10.8 Å². The van der Waals surface area contributed by atoms with E-state index in [-0.39, 0.29) is 12.4 Å². The highest BCUT2D eigenvalue weighted by Crippen LogP contribution is 2.21. The maximum atomic E-state index is 12.8. The number of nitrogens with two attached hydrogens (primary N) is 1. The van der Waals surface area contributed by atoms with Gasteiger partial charge in [0.25, 0.3) is 0 Å². The summed E-state index contributed by atoms with van der Waals surface area (Å²) in [4.78, 5) is 0.892. The molecule has 15 heavy (non-hydrogen) atoms. The van der Waals surface area contributed by atoms with E-state index in [1.807, 2.05) is 6.07 Å². The Balaban J connectivity index is 2.38. The molecule has 0 radical (unpaired) electrons. The van der Waals surface area contributed by atoms with Crippen molar-refractivity contribution < 1.29 is 9.50 Å². The van der Waals surface area contributed by atoms with Gasteiger partial charge >= 0.3 is 0 Å². The van der Waals surface area contributed by atoms with Crippen LogP contribution in [0.15, 0.2) is 29.2 Å². The molecular weight excluding hydrogens is 213 g/mol. The Hall–Kier alpha value is -0.580. The molecule has 1 atom stereocenters. The number of hydrogen-bond acceptors (Lipinski definition) is 3. The number of benzene rings is 1. The lowest BCUT2D eigenvalue weighted by molar-refractivity contribution is 0.206.